The van der Waals surface area contributed by atoms with Gasteiger partial charge in [0.05, 0.1) is 26.7 Å². The molecule has 1 aliphatic rings. The van der Waals surface area contributed by atoms with Gasteiger partial charge in [0.2, 0.25) is 5.69 Å². The van der Waals surface area contributed by atoms with Crippen LogP contribution in [0.15, 0.2) is 59.6 Å². The molecule has 0 saturated heterocycles. The summed E-state index contributed by atoms with van der Waals surface area (Å²) in [4.78, 5) is 27.2. The molecule has 1 aromatic heterocycles. The van der Waals surface area contributed by atoms with Gasteiger partial charge in [-0.25, -0.2) is 8.42 Å². The minimum atomic E-state index is -4.07. The lowest BCUT2D eigenvalue weighted by atomic mass is 9.87. The van der Waals surface area contributed by atoms with E-state index in [0.29, 0.717) is 4.73 Å². The Bertz CT molecular complexity index is 1460. The Balaban J connectivity index is 1.68. The number of halogens is 1. The first-order valence-corrected chi connectivity index (χ1v) is 12.7. The van der Waals surface area contributed by atoms with Crippen LogP contribution < -0.4 is 9.45 Å². The SMILES string of the molecule is Cc1ccc(CN2C(=O)c3c(Cl)ccc(NS(=O)(=O)c4ccc(C(C)(C)C)cc4)c3C2=O)[n+]([O-])c1. The van der Waals surface area contributed by atoms with Crippen LogP contribution in [0.1, 0.15) is 58.3 Å². The number of benzene rings is 2. The second-order valence-electron chi connectivity index (χ2n) is 9.44. The van der Waals surface area contributed by atoms with E-state index in [-0.39, 0.29) is 44.4 Å². The van der Waals surface area contributed by atoms with E-state index in [0.717, 1.165) is 16.0 Å². The maximum Gasteiger partial charge on any atom is 0.264 e. The zero-order valence-corrected chi connectivity index (χ0v) is 21.2. The quantitative estimate of drug-likeness (QED) is 0.312. The van der Waals surface area contributed by atoms with Gasteiger partial charge in [-0.15, -0.1) is 0 Å². The van der Waals surface area contributed by atoms with Crippen molar-refractivity contribution in [2.75, 3.05) is 4.72 Å². The number of carbonyl (C=O) groups is 2. The lowest BCUT2D eigenvalue weighted by Gasteiger charge is -2.19. The highest BCUT2D eigenvalue weighted by atomic mass is 35.5. The highest BCUT2D eigenvalue weighted by Crippen LogP contribution is 2.36. The zero-order chi connectivity index (χ0) is 25.7. The number of anilines is 1. The van der Waals surface area contributed by atoms with Gasteiger partial charge >= 0.3 is 0 Å². The van der Waals surface area contributed by atoms with Crippen molar-refractivity contribution in [1.29, 1.82) is 0 Å². The van der Waals surface area contributed by atoms with Gasteiger partial charge < -0.3 is 5.21 Å². The molecule has 1 aliphatic heterocycles. The number of pyridine rings is 1. The van der Waals surface area contributed by atoms with E-state index in [1.807, 2.05) is 20.8 Å². The summed E-state index contributed by atoms with van der Waals surface area (Å²) in [6.45, 7) is 7.52. The average Bonchev–Trinajstić information content (AvgIpc) is 3.03. The van der Waals surface area contributed by atoms with Crippen molar-refractivity contribution >= 4 is 39.1 Å². The average molecular weight is 514 g/mol. The topological polar surface area (TPSA) is 110 Å². The van der Waals surface area contributed by atoms with Crippen LogP contribution in [0.3, 0.4) is 0 Å². The number of hydrogen-bond acceptors (Lipinski definition) is 5. The van der Waals surface area contributed by atoms with Crippen molar-refractivity contribution < 1.29 is 22.7 Å². The van der Waals surface area contributed by atoms with E-state index in [1.165, 1.54) is 36.5 Å². The molecule has 35 heavy (non-hydrogen) atoms. The van der Waals surface area contributed by atoms with E-state index < -0.39 is 21.8 Å². The van der Waals surface area contributed by atoms with Gasteiger partial charge in [0.25, 0.3) is 21.8 Å². The van der Waals surface area contributed by atoms with Crippen molar-refractivity contribution in [2.24, 2.45) is 0 Å². The fourth-order valence-electron chi connectivity index (χ4n) is 3.83. The van der Waals surface area contributed by atoms with E-state index in [9.17, 15) is 23.2 Å². The van der Waals surface area contributed by atoms with Crippen molar-refractivity contribution in [2.45, 2.75) is 44.6 Å². The molecule has 2 heterocycles. The van der Waals surface area contributed by atoms with Crippen LogP contribution >= 0.6 is 11.6 Å². The van der Waals surface area contributed by atoms with Crippen molar-refractivity contribution in [3.63, 3.8) is 0 Å². The Morgan fingerprint density at radius 3 is 2.20 bits per heavy atom. The first-order valence-electron chi connectivity index (χ1n) is 10.8. The maximum absolute atomic E-state index is 13.2. The van der Waals surface area contributed by atoms with Crippen LogP contribution in [0.2, 0.25) is 5.02 Å². The molecular formula is C25H24ClN3O5S. The van der Waals surface area contributed by atoms with E-state index in [2.05, 4.69) is 4.72 Å². The van der Waals surface area contributed by atoms with Gasteiger partial charge in [-0.05, 0) is 48.2 Å². The van der Waals surface area contributed by atoms with Crippen LogP contribution in [-0.2, 0) is 22.0 Å². The van der Waals surface area contributed by atoms with Crippen LogP contribution in [0.5, 0.6) is 0 Å². The molecule has 10 heteroatoms. The number of amides is 2. The van der Waals surface area contributed by atoms with Gasteiger partial charge in [-0.2, -0.15) is 4.73 Å². The number of fused-ring (bicyclic) bond motifs is 1. The summed E-state index contributed by atoms with van der Waals surface area (Å²) in [6, 6.07) is 12.4. The molecule has 4 rings (SSSR count). The molecule has 3 aromatic rings. The Morgan fingerprint density at radius 2 is 1.60 bits per heavy atom. The molecule has 8 nitrogen and oxygen atoms in total. The van der Waals surface area contributed by atoms with Crippen LogP contribution in [-0.4, -0.2) is 25.1 Å². The van der Waals surface area contributed by atoms with Gasteiger partial charge in [0.1, 0.15) is 6.54 Å². The van der Waals surface area contributed by atoms with Gasteiger partial charge in [-0.1, -0.05) is 44.5 Å². The third kappa shape index (κ3) is 4.61. The minimum Gasteiger partial charge on any atom is -0.618 e. The van der Waals surface area contributed by atoms with E-state index in [4.69, 9.17) is 11.6 Å². The smallest absolute Gasteiger partial charge is 0.264 e. The molecule has 0 radical (unpaired) electrons. The number of hydrogen-bond donors (Lipinski definition) is 1. The summed E-state index contributed by atoms with van der Waals surface area (Å²) in [6.07, 6.45) is 1.34. The molecule has 0 unspecified atom stereocenters. The largest absolute Gasteiger partial charge is 0.618 e. The Morgan fingerprint density at radius 1 is 0.971 bits per heavy atom. The fourth-order valence-corrected chi connectivity index (χ4v) is 5.14. The fraction of sp³-hybridized carbons (Fsp3) is 0.240. The predicted molar refractivity (Wildman–Crippen MR) is 132 cm³/mol. The number of aromatic nitrogens is 1. The number of aryl methyl sites for hydroxylation is 1. The molecular weight excluding hydrogens is 490 g/mol. The molecule has 1 N–H and O–H groups in total. The number of rotatable bonds is 5. The number of carbonyl (C=O) groups excluding carboxylic acids is 2. The predicted octanol–water partition coefficient (Wildman–Crippen LogP) is 4.18. The first kappa shape index (κ1) is 24.7. The molecule has 182 valence electrons. The van der Waals surface area contributed by atoms with Crippen LogP contribution in [0, 0.1) is 12.1 Å². The molecule has 0 atom stereocenters. The lowest BCUT2D eigenvalue weighted by molar-refractivity contribution is -0.615. The first-order chi connectivity index (χ1) is 16.3. The number of nitrogens with zero attached hydrogens (tertiary/aromatic N) is 2. The zero-order valence-electron chi connectivity index (χ0n) is 19.6. The summed E-state index contributed by atoms with van der Waals surface area (Å²) in [5.74, 6) is -1.44. The number of nitrogens with one attached hydrogen (secondary N) is 1. The third-order valence-electron chi connectivity index (χ3n) is 5.81. The summed E-state index contributed by atoms with van der Waals surface area (Å²) < 4.78 is 29.2. The summed E-state index contributed by atoms with van der Waals surface area (Å²) in [7, 11) is -4.07. The molecule has 0 spiro atoms. The van der Waals surface area contributed by atoms with Gasteiger partial charge in [0, 0.05) is 11.6 Å². The second-order valence-corrected chi connectivity index (χ2v) is 11.5. The third-order valence-corrected chi connectivity index (χ3v) is 7.51. The second kappa shape index (κ2) is 8.66. The van der Waals surface area contributed by atoms with Gasteiger partial charge in [0.15, 0.2) is 6.20 Å². The normalized spacial score (nSPS) is 13.8. The Kier molecular flexibility index (Phi) is 6.11. The summed E-state index contributed by atoms with van der Waals surface area (Å²) in [5, 5.41) is 12.2. The molecule has 0 fully saturated rings. The van der Waals surface area contributed by atoms with Crippen LogP contribution in [0.4, 0.5) is 5.69 Å². The molecule has 0 aliphatic carbocycles. The van der Waals surface area contributed by atoms with Crippen molar-refractivity contribution in [1.82, 2.24) is 4.90 Å². The summed E-state index contributed by atoms with van der Waals surface area (Å²) in [5.41, 5.74) is 1.40. The Hall–Kier alpha value is -3.43. The molecule has 2 amide bonds. The van der Waals surface area contributed by atoms with E-state index in [1.54, 1.807) is 25.1 Å². The van der Waals surface area contributed by atoms with Gasteiger partial charge in [-0.3, -0.25) is 19.2 Å². The highest BCUT2D eigenvalue weighted by molar-refractivity contribution is 7.92. The molecule has 0 saturated carbocycles. The monoisotopic (exact) mass is 513 g/mol. The Labute approximate surface area is 208 Å². The van der Waals surface area contributed by atoms with Crippen molar-refractivity contribution in [3.05, 3.63) is 92.9 Å². The minimum absolute atomic E-state index is 0.00915. The van der Waals surface area contributed by atoms with E-state index >= 15 is 0 Å². The standard InChI is InChI=1S/C25H24ClN3O5S/c1-15-5-8-17(29(32)13-15)14-28-23(30)21-19(26)11-12-20(22(21)24(28)31)27-35(33,34)18-9-6-16(7-10-18)25(2,3)4/h5-13,27H,14H2,1-4H3. The summed E-state index contributed by atoms with van der Waals surface area (Å²) >= 11 is 6.23. The van der Waals surface area contributed by atoms with Crippen LogP contribution in [0.25, 0.3) is 0 Å². The molecule has 0 bridgehead atoms. The number of imide groups is 1. The highest BCUT2D eigenvalue weighted by Gasteiger charge is 2.41. The maximum atomic E-state index is 13.2. The number of sulfonamides is 1. The molecule has 2 aromatic carbocycles. The van der Waals surface area contributed by atoms with Crippen molar-refractivity contribution in [3.8, 4) is 0 Å². The lowest BCUT2D eigenvalue weighted by Crippen LogP contribution is -2.38.